The van der Waals surface area contributed by atoms with Gasteiger partial charge in [0, 0.05) is 31.3 Å². The largest absolute Gasteiger partial charge is 0.480 e. The Kier molecular flexibility index (Phi) is 3.69. The number of amides is 1. The summed E-state index contributed by atoms with van der Waals surface area (Å²) in [5, 5.41) is 0. The highest BCUT2D eigenvalue weighted by Crippen LogP contribution is 2.38. The molecule has 2 saturated heterocycles. The molecular weight excluding hydrogens is 324 g/mol. The molecule has 0 aromatic carbocycles. The zero-order valence-corrected chi connectivity index (χ0v) is 13.0. The first-order valence-electron chi connectivity index (χ1n) is 6.70. The third-order valence-electron chi connectivity index (χ3n) is 4.16. The van der Waals surface area contributed by atoms with Gasteiger partial charge in [-0.2, -0.15) is 0 Å². The van der Waals surface area contributed by atoms with Crippen LogP contribution in [0.4, 0.5) is 0 Å². The van der Waals surface area contributed by atoms with Crippen molar-refractivity contribution in [2.45, 2.75) is 12.8 Å². The van der Waals surface area contributed by atoms with Crippen LogP contribution in [-0.4, -0.2) is 49.2 Å². The molecule has 0 radical (unpaired) electrons. The molecule has 1 aromatic rings. The Bertz CT molecular complexity index is 529. The van der Waals surface area contributed by atoms with Crippen molar-refractivity contribution in [1.29, 1.82) is 0 Å². The molecule has 0 aliphatic carbocycles. The van der Waals surface area contributed by atoms with Crippen molar-refractivity contribution in [1.82, 2.24) is 9.88 Å². The Morgan fingerprint density at radius 3 is 3.05 bits per heavy atom. The second kappa shape index (κ2) is 5.33. The number of pyridine rings is 1. The number of ether oxygens (including phenoxy) is 2. The predicted molar refractivity (Wildman–Crippen MR) is 76.9 cm³/mol. The van der Waals surface area contributed by atoms with Gasteiger partial charge in [0.2, 0.25) is 5.88 Å². The lowest BCUT2D eigenvalue weighted by Gasteiger charge is -2.22. The van der Waals surface area contributed by atoms with Gasteiger partial charge in [0.15, 0.2) is 0 Å². The first kappa shape index (κ1) is 13.8. The number of rotatable bonds is 2. The lowest BCUT2D eigenvalue weighted by atomic mass is 9.87. The molecule has 5 nitrogen and oxygen atoms in total. The van der Waals surface area contributed by atoms with E-state index in [0.29, 0.717) is 15.9 Å². The summed E-state index contributed by atoms with van der Waals surface area (Å²) in [6, 6.07) is 1.77. The van der Waals surface area contributed by atoms with Crippen molar-refractivity contribution in [2.75, 3.05) is 33.4 Å². The molecule has 6 heteroatoms. The van der Waals surface area contributed by atoms with Crippen LogP contribution < -0.4 is 4.74 Å². The molecule has 1 amide bonds. The zero-order chi connectivity index (χ0) is 14.2. The fourth-order valence-electron chi connectivity index (χ4n) is 2.95. The molecule has 1 unspecified atom stereocenters. The maximum absolute atomic E-state index is 12.5. The maximum Gasteiger partial charge on any atom is 0.255 e. The van der Waals surface area contributed by atoms with E-state index in [4.69, 9.17) is 9.47 Å². The van der Waals surface area contributed by atoms with E-state index in [1.54, 1.807) is 19.4 Å². The number of halogens is 1. The minimum Gasteiger partial charge on any atom is -0.480 e. The van der Waals surface area contributed by atoms with Crippen LogP contribution in [0.15, 0.2) is 16.7 Å². The molecular formula is C14H17BrN2O3. The second-order valence-corrected chi connectivity index (χ2v) is 6.35. The molecule has 0 saturated carbocycles. The van der Waals surface area contributed by atoms with Gasteiger partial charge in [-0.3, -0.25) is 4.79 Å². The van der Waals surface area contributed by atoms with Gasteiger partial charge in [-0.05, 0) is 34.8 Å². The van der Waals surface area contributed by atoms with Crippen molar-refractivity contribution in [3.63, 3.8) is 0 Å². The molecule has 1 atom stereocenters. The topological polar surface area (TPSA) is 51.7 Å². The van der Waals surface area contributed by atoms with Crippen molar-refractivity contribution < 1.29 is 14.3 Å². The normalized spacial score (nSPS) is 25.4. The highest BCUT2D eigenvalue weighted by molar-refractivity contribution is 9.10. The van der Waals surface area contributed by atoms with Crippen LogP contribution in [0.1, 0.15) is 23.2 Å². The van der Waals surface area contributed by atoms with E-state index >= 15 is 0 Å². The molecule has 2 aliphatic rings. The molecule has 1 aromatic heterocycles. The molecule has 2 fully saturated rings. The first-order valence-corrected chi connectivity index (χ1v) is 7.49. The standard InChI is InChI=1S/C14H17BrN2O3/c1-19-12-11(15)6-10(7-16-12)13(18)17-4-2-14(8-17)3-5-20-9-14/h6-7H,2-5,8-9H2,1H3. The van der Waals surface area contributed by atoms with Crippen molar-refractivity contribution in [3.05, 3.63) is 22.3 Å². The van der Waals surface area contributed by atoms with Gasteiger partial charge in [-0.25, -0.2) is 4.98 Å². The van der Waals surface area contributed by atoms with Crippen LogP contribution in [0.25, 0.3) is 0 Å². The fraction of sp³-hybridized carbons (Fsp3) is 0.571. The Balaban J connectivity index is 1.75. The average Bonchev–Trinajstić information content (AvgIpc) is 3.09. The van der Waals surface area contributed by atoms with Crippen LogP contribution in [-0.2, 0) is 4.74 Å². The van der Waals surface area contributed by atoms with E-state index in [1.807, 2.05) is 4.90 Å². The van der Waals surface area contributed by atoms with Crippen LogP contribution in [0, 0.1) is 5.41 Å². The van der Waals surface area contributed by atoms with Crippen molar-refractivity contribution >= 4 is 21.8 Å². The third-order valence-corrected chi connectivity index (χ3v) is 4.73. The third kappa shape index (κ3) is 2.42. The fourth-order valence-corrected chi connectivity index (χ4v) is 3.47. The van der Waals surface area contributed by atoms with Gasteiger partial charge >= 0.3 is 0 Å². The molecule has 3 rings (SSSR count). The van der Waals surface area contributed by atoms with E-state index in [1.165, 1.54) is 0 Å². The number of carbonyl (C=O) groups excluding carboxylic acids is 1. The lowest BCUT2D eigenvalue weighted by molar-refractivity contribution is 0.0765. The number of hydrogen-bond donors (Lipinski definition) is 0. The highest BCUT2D eigenvalue weighted by atomic mass is 79.9. The molecule has 20 heavy (non-hydrogen) atoms. The smallest absolute Gasteiger partial charge is 0.255 e. The van der Waals surface area contributed by atoms with E-state index in [-0.39, 0.29) is 11.3 Å². The van der Waals surface area contributed by atoms with Crippen LogP contribution in [0.2, 0.25) is 0 Å². The van der Waals surface area contributed by atoms with Gasteiger partial charge in [0.25, 0.3) is 5.91 Å². The summed E-state index contributed by atoms with van der Waals surface area (Å²) in [5.74, 6) is 0.522. The van der Waals surface area contributed by atoms with Crippen LogP contribution in [0.5, 0.6) is 5.88 Å². The summed E-state index contributed by atoms with van der Waals surface area (Å²) in [4.78, 5) is 18.6. The van der Waals surface area contributed by atoms with Crippen molar-refractivity contribution in [3.8, 4) is 5.88 Å². The van der Waals surface area contributed by atoms with Gasteiger partial charge in [0.1, 0.15) is 0 Å². The lowest BCUT2D eigenvalue weighted by Crippen LogP contribution is -2.32. The average molecular weight is 341 g/mol. The Morgan fingerprint density at radius 1 is 1.55 bits per heavy atom. The summed E-state index contributed by atoms with van der Waals surface area (Å²) < 4.78 is 11.3. The quantitative estimate of drug-likeness (QED) is 0.827. The number of nitrogens with zero attached hydrogens (tertiary/aromatic N) is 2. The molecule has 0 N–H and O–H groups in total. The maximum atomic E-state index is 12.5. The molecule has 3 heterocycles. The summed E-state index contributed by atoms with van der Waals surface area (Å²) in [6.07, 6.45) is 3.66. The zero-order valence-electron chi connectivity index (χ0n) is 11.4. The van der Waals surface area contributed by atoms with Crippen molar-refractivity contribution in [2.24, 2.45) is 5.41 Å². The summed E-state index contributed by atoms with van der Waals surface area (Å²) in [7, 11) is 1.55. The summed E-state index contributed by atoms with van der Waals surface area (Å²) in [6.45, 7) is 3.18. The van der Waals surface area contributed by atoms with Crippen LogP contribution >= 0.6 is 15.9 Å². The predicted octanol–water partition coefficient (Wildman–Crippen LogP) is 2.11. The molecule has 0 bridgehead atoms. The van der Waals surface area contributed by atoms with Gasteiger partial charge in [-0.1, -0.05) is 0 Å². The number of carbonyl (C=O) groups is 1. The second-order valence-electron chi connectivity index (χ2n) is 5.49. The van der Waals surface area contributed by atoms with Gasteiger partial charge < -0.3 is 14.4 Å². The van der Waals surface area contributed by atoms with Gasteiger partial charge in [0.05, 0.1) is 23.8 Å². The van der Waals surface area contributed by atoms with E-state index in [0.717, 1.165) is 39.1 Å². The summed E-state index contributed by atoms with van der Waals surface area (Å²) in [5.41, 5.74) is 0.779. The first-order chi connectivity index (χ1) is 9.63. The monoisotopic (exact) mass is 340 g/mol. The summed E-state index contributed by atoms with van der Waals surface area (Å²) >= 11 is 3.37. The highest BCUT2D eigenvalue weighted by Gasteiger charge is 2.42. The molecule has 108 valence electrons. The van der Waals surface area contributed by atoms with E-state index in [9.17, 15) is 4.79 Å². The Hall–Kier alpha value is -1.14. The van der Waals surface area contributed by atoms with E-state index in [2.05, 4.69) is 20.9 Å². The van der Waals surface area contributed by atoms with E-state index < -0.39 is 0 Å². The number of likely N-dealkylation sites (tertiary alicyclic amines) is 1. The van der Waals surface area contributed by atoms with Crippen LogP contribution in [0.3, 0.4) is 0 Å². The Morgan fingerprint density at radius 2 is 2.40 bits per heavy atom. The molecule has 1 spiro atoms. The van der Waals surface area contributed by atoms with Gasteiger partial charge in [-0.15, -0.1) is 0 Å². The minimum absolute atomic E-state index is 0.0321. The number of aromatic nitrogens is 1. The molecule has 2 aliphatic heterocycles. The Labute approximate surface area is 126 Å². The SMILES string of the molecule is COc1ncc(C(=O)N2CCC3(CCOC3)C2)cc1Br. The number of methoxy groups -OCH3 is 1. The minimum atomic E-state index is 0.0321. The number of hydrogen-bond acceptors (Lipinski definition) is 4.